The number of nitrogens with zero attached hydrogens (tertiary/aromatic N) is 3. The number of morpholine rings is 1. The fraction of sp³-hybridized carbons (Fsp3) is 0.357. The number of nitrogens with one attached hydrogen (secondary N) is 1. The van der Waals surface area contributed by atoms with E-state index in [2.05, 4.69) is 5.32 Å². The number of carbonyl (C=O) groups is 1. The Kier molecular flexibility index (Phi) is 4.67. The molecule has 1 fully saturated rings. The molecule has 0 aliphatic carbocycles. The number of ether oxygens (including phenoxy) is 1. The summed E-state index contributed by atoms with van der Waals surface area (Å²) in [6.45, 7) is 1.76. The van der Waals surface area contributed by atoms with Crippen LogP contribution in [0.2, 0.25) is 0 Å². The van der Waals surface area contributed by atoms with Gasteiger partial charge in [-0.1, -0.05) is 0 Å². The summed E-state index contributed by atoms with van der Waals surface area (Å²) in [5, 5.41) is 20.3. The average molecular weight is 270 g/mol. The van der Waals surface area contributed by atoms with Crippen LogP contribution in [0.3, 0.4) is 0 Å². The van der Waals surface area contributed by atoms with Crippen LogP contribution in [0.25, 0.3) is 0 Å². The van der Waals surface area contributed by atoms with E-state index in [4.69, 9.17) is 15.3 Å². The molecule has 0 radical (unpaired) electrons. The molecule has 0 bridgehead atoms. The first-order valence-corrected chi connectivity index (χ1v) is 6.25. The van der Waals surface area contributed by atoms with Crippen LogP contribution in [-0.2, 0) is 9.53 Å². The lowest BCUT2D eigenvalue weighted by molar-refractivity contribution is -0.118. The van der Waals surface area contributed by atoms with E-state index in [1.165, 1.54) is 0 Å². The first-order valence-electron chi connectivity index (χ1n) is 6.25. The van der Waals surface area contributed by atoms with E-state index < -0.39 is 6.10 Å². The Bertz CT molecular complexity index is 556. The van der Waals surface area contributed by atoms with Crippen molar-refractivity contribution in [1.82, 2.24) is 4.90 Å². The largest absolute Gasteiger partial charge is 0.361 e. The van der Waals surface area contributed by atoms with Crippen molar-refractivity contribution in [2.75, 3.05) is 31.6 Å². The van der Waals surface area contributed by atoms with Crippen LogP contribution in [0.5, 0.6) is 0 Å². The maximum Gasteiger partial charge on any atom is 0.238 e. The molecule has 0 spiro atoms. The molecule has 1 heterocycles. The van der Waals surface area contributed by atoms with Crippen LogP contribution in [0, 0.1) is 22.7 Å². The number of hydrogen-bond donors (Lipinski definition) is 1. The van der Waals surface area contributed by atoms with Crippen molar-refractivity contribution in [2.24, 2.45) is 0 Å². The van der Waals surface area contributed by atoms with Gasteiger partial charge in [0.2, 0.25) is 5.91 Å². The molecule has 20 heavy (non-hydrogen) atoms. The first kappa shape index (κ1) is 14.0. The van der Waals surface area contributed by atoms with Gasteiger partial charge in [-0.15, -0.1) is 0 Å². The summed E-state index contributed by atoms with van der Waals surface area (Å²) in [5.41, 5.74) is 1.20. The van der Waals surface area contributed by atoms with Crippen LogP contribution >= 0.6 is 0 Å². The number of benzene rings is 1. The lowest BCUT2D eigenvalue weighted by atomic mass is 10.2. The van der Waals surface area contributed by atoms with Crippen molar-refractivity contribution in [3.63, 3.8) is 0 Å². The van der Waals surface area contributed by atoms with E-state index >= 15 is 0 Å². The van der Waals surface area contributed by atoms with E-state index in [-0.39, 0.29) is 12.5 Å². The van der Waals surface area contributed by atoms with Crippen LogP contribution < -0.4 is 5.32 Å². The maximum atomic E-state index is 11.9. The summed E-state index contributed by atoms with van der Waals surface area (Å²) in [6, 6.07) is 10.7. The van der Waals surface area contributed by atoms with Gasteiger partial charge in [0, 0.05) is 18.8 Å². The second-order valence-electron chi connectivity index (χ2n) is 4.46. The molecule has 1 aliphatic heterocycles. The minimum absolute atomic E-state index is 0.145. The zero-order valence-electron chi connectivity index (χ0n) is 10.9. The van der Waals surface area contributed by atoms with Gasteiger partial charge in [-0.25, -0.2) is 0 Å². The summed E-state index contributed by atoms with van der Waals surface area (Å²) < 4.78 is 5.22. The number of hydrogen-bond acceptors (Lipinski definition) is 5. The predicted octanol–water partition coefficient (Wildman–Crippen LogP) is 0.721. The van der Waals surface area contributed by atoms with E-state index in [9.17, 15) is 4.79 Å². The van der Waals surface area contributed by atoms with Crippen molar-refractivity contribution in [1.29, 1.82) is 10.5 Å². The molecule has 1 aromatic carbocycles. The highest BCUT2D eigenvalue weighted by Gasteiger charge is 2.21. The smallest absolute Gasteiger partial charge is 0.238 e. The van der Waals surface area contributed by atoms with Gasteiger partial charge in [-0.2, -0.15) is 10.5 Å². The van der Waals surface area contributed by atoms with Crippen molar-refractivity contribution in [2.45, 2.75) is 6.10 Å². The number of amides is 1. The number of rotatable bonds is 3. The summed E-state index contributed by atoms with van der Waals surface area (Å²) in [4.78, 5) is 13.8. The second kappa shape index (κ2) is 6.67. The molecule has 0 aromatic heterocycles. The number of anilines is 1. The normalized spacial score (nSPS) is 18.8. The third-order valence-corrected chi connectivity index (χ3v) is 2.96. The Morgan fingerprint density at radius 3 is 2.80 bits per heavy atom. The summed E-state index contributed by atoms with van der Waals surface area (Å²) in [5.74, 6) is -0.145. The zero-order valence-corrected chi connectivity index (χ0v) is 10.9. The van der Waals surface area contributed by atoms with E-state index in [0.29, 0.717) is 30.9 Å². The molecule has 1 N–H and O–H groups in total. The average Bonchev–Trinajstić information content (AvgIpc) is 2.48. The van der Waals surface area contributed by atoms with E-state index in [1.54, 1.807) is 24.3 Å². The Morgan fingerprint density at radius 1 is 1.40 bits per heavy atom. The molecule has 102 valence electrons. The van der Waals surface area contributed by atoms with Gasteiger partial charge in [0.05, 0.1) is 30.9 Å². The Balaban J connectivity index is 1.86. The minimum Gasteiger partial charge on any atom is -0.361 e. The van der Waals surface area contributed by atoms with Gasteiger partial charge < -0.3 is 10.1 Å². The van der Waals surface area contributed by atoms with E-state index in [1.807, 2.05) is 17.0 Å². The van der Waals surface area contributed by atoms with Crippen molar-refractivity contribution in [3.05, 3.63) is 29.8 Å². The first-order chi connectivity index (χ1) is 9.71. The molecule has 2 rings (SSSR count). The molecule has 1 atom stereocenters. The topological polar surface area (TPSA) is 89.2 Å². The van der Waals surface area contributed by atoms with Crippen LogP contribution in [-0.4, -0.2) is 43.2 Å². The molecule has 1 unspecified atom stereocenters. The molecule has 1 aromatic rings. The molecule has 1 amide bonds. The van der Waals surface area contributed by atoms with Crippen LogP contribution in [0.4, 0.5) is 5.69 Å². The van der Waals surface area contributed by atoms with Crippen molar-refractivity contribution in [3.8, 4) is 12.1 Å². The standard InChI is InChI=1S/C14H14N4O2/c15-7-11-1-3-12(4-2-11)17-14(19)10-18-5-6-20-13(8-16)9-18/h1-4,13H,5-6,9-10H2,(H,17,19). The second-order valence-corrected chi connectivity index (χ2v) is 4.46. The Morgan fingerprint density at radius 2 is 2.15 bits per heavy atom. The lowest BCUT2D eigenvalue weighted by Crippen LogP contribution is -2.45. The maximum absolute atomic E-state index is 11.9. The Hall–Kier alpha value is -2.41. The summed E-state index contributed by atoms with van der Waals surface area (Å²) in [7, 11) is 0. The quantitative estimate of drug-likeness (QED) is 0.874. The van der Waals surface area contributed by atoms with Gasteiger partial charge in [-0.3, -0.25) is 9.69 Å². The van der Waals surface area contributed by atoms with Gasteiger partial charge in [0.1, 0.15) is 0 Å². The fourth-order valence-electron chi connectivity index (χ4n) is 1.96. The SMILES string of the molecule is N#Cc1ccc(NC(=O)CN2CCOC(C#N)C2)cc1. The molecular weight excluding hydrogens is 256 g/mol. The van der Waals surface area contributed by atoms with Crippen LogP contribution in [0.15, 0.2) is 24.3 Å². The van der Waals surface area contributed by atoms with E-state index in [0.717, 1.165) is 0 Å². The molecule has 0 saturated carbocycles. The molecule has 1 saturated heterocycles. The lowest BCUT2D eigenvalue weighted by Gasteiger charge is -2.28. The van der Waals surface area contributed by atoms with Gasteiger partial charge in [0.15, 0.2) is 6.10 Å². The van der Waals surface area contributed by atoms with Gasteiger partial charge >= 0.3 is 0 Å². The van der Waals surface area contributed by atoms with Crippen molar-refractivity contribution < 1.29 is 9.53 Å². The number of nitriles is 2. The molecular formula is C14H14N4O2. The summed E-state index contributed by atoms with van der Waals surface area (Å²) in [6.07, 6.45) is -0.466. The highest BCUT2D eigenvalue weighted by Crippen LogP contribution is 2.09. The third-order valence-electron chi connectivity index (χ3n) is 2.96. The third kappa shape index (κ3) is 3.79. The van der Waals surface area contributed by atoms with Gasteiger partial charge in [-0.05, 0) is 24.3 Å². The number of carbonyl (C=O) groups excluding carboxylic acids is 1. The predicted molar refractivity (Wildman–Crippen MR) is 71.6 cm³/mol. The van der Waals surface area contributed by atoms with Gasteiger partial charge in [0.25, 0.3) is 0 Å². The molecule has 1 aliphatic rings. The van der Waals surface area contributed by atoms with Crippen LogP contribution in [0.1, 0.15) is 5.56 Å². The minimum atomic E-state index is -0.466. The fourth-order valence-corrected chi connectivity index (χ4v) is 1.96. The highest BCUT2D eigenvalue weighted by molar-refractivity contribution is 5.92. The summed E-state index contributed by atoms with van der Waals surface area (Å²) >= 11 is 0. The van der Waals surface area contributed by atoms with Crippen molar-refractivity contribution >= 4 is 11.6 Å². The highest BCUT2D eigenvalue weighted by atomic mass is 16.5. The zero-order chi connectivity index (χ0) is 14.4. The Labute approximate surface area is 117 Å². The monoisotopic (exact) mass is 270 g/mol. The molecule has 6 heteroatoms. The molecule has 6 nitrogen and oxygen atoms in total.